The molecule has 1 atom stereocenters. The molecular weight excluding hydrogens is 224 g/mol. The Kier molecular flexibility index (Phi) is 3.46. The lowest BCUT2D eigenvalue weighted by Gasteiger charge is -2.22. The first kappa shape index (κ1) is 12.7. The standard InChI is InChI=1S/C16H18O2/c1-10(2)11(3)8-12-9-15(17)13-6-4-5-7-14(13)16(12)18/h4-7,12H,8-9H2,1-3H3. The second-order valence-corrected chi connectivity index (χ2v) is 5.22. The van der Waals surface area contributed by atoms with Crippen LogP contribution >= 0.6 is 0 Å². The number of benzene rings is 1. The van der Waals surface area contributed by atoms with Crippen LogP contribution in [0.3, 0.4) is 0 Å². The van der Waals surface area contributed by atoms with E-state index in [0.29, 0.717) is 24.0 Å². The maximum atomic E-state index is 12.3. The molecule has 0 N–H and O–H groups in total. The van der Waals surface area contributed by atoms with Crippen LogP contribution in [0.4, 0.5) is 0 Å². The maximum absolute atomic E-state index is 12.3. The van der Waals surface area contributed by atoms with Crippen molar-refractivity contribution in [2.24, 2.45) is 5.92 Å². The predicted octanol–water partition coefficient (Wildman–Crippen LogP) is 3.82. The zero-order chi connectivity index (χ0) is 13.3. The molecule has 2 nitrogen and oxygen atoms in total. The molecule has 2 rings (SSSR count). The molecule has 0 aromatic heterocycles. The third-order valence-corrected chi connectivity index (χ3v) is 3.70. The van der Waals surface area contributed by atoms with Crippen molar-refractivity contribution in [3.63, 3.8) is 0 Å². The van der Waals surface area contributed by atoms with E-state index in [-0.39, 0.29) is 17.5 Å². The largest absolute Gasteiger partial charge is 0.294 e. The average molecular weight is 242 g/mol. The predicted molar refractivity (Wildman–Crippen MR) is 71.9 cm³/mol. The third-order valence-electron chi connectivity index (χ3n) is 3.70. The topological polar surface area (TPSA) is 34.1 Å². The van der Waals surface area contributed by atoms with Crippen molar-refractivity contribution < 1.29 is 9.59 Å². The van der Waals surface area contributed by atoms with Gasteiger partial charge in [-0.25, -0.2) is 0 Å². The smallest absolute Gasteiger partial charge is 0.167 e. The van der Waals surface area contributed by atoms with Crippen LogP contribution in [-0.4, -0.2) is 11.6 Å². The minimum absolute atomic E-state index is 0.0942. The van der Waals surface area contributed by atoms with Gasteiger partial charge in [0.15, 0.2) is 11.6 Å². The zero-order valence-electron chi connectivity index (χ0n) is 11.1. The van der Waals surface area contributed by atoms with Crippen LogP contribution in [0.1, 0.15) is 54.3 Å². The molecule has 1 aliphatic rings. The number of carbonyl (C=O) groups is 2. The molecule has 0 spiro atoms. The molecular formula is C16H18O2. The van der Waals surface area contributed by atoms with Gasteiger partial charge in [0.05, 0.1) is 0 Å². The van der Waals surface area contributed by atoms with Gasteiger partial charge in [0.25, 0.3) is 0 Å². The van der Waals surface area contributed by atoms with E-state index in [1.165, 1.54) is 11.1 Å². The number of hydrogen-bond acceptors (Lipinski definition) is 2. The molecule has 94 valence electrons. The minimum Gasteiger partial charge on any atom is -0.294 e. The quantitative estimate of drug-likeness (QED) is 0.739. The zero-order valence-corrected chi connectivity index (χ0v) is 11.1. The van der Waals surface area contributed by atoms with Crippen LogP contribution in [0.2, 0.25) is 0 Å². The highest BCUT2D eigenvalue weighted by Gasteiger charge is 2.32. The van der Waals surface area contributed by atoms with E-state index in [9.17, 15) is 9.59 Å². The Morgan fingerprint density at radius 2 is 1.72 bits per heavy atom. The third kappa shape index (κ3) is 2.28. The lowest BCUT2D eigenvalue weighted by Crippen LogP contribution is -2.27. The highest BCUT2D eigenvalue weighted by molar-refractivity contribution is 6.14. The molecule has 0 amide bonds. The normalized spacial score (nSPS) is 18.5. The first-order chi connectivity index (χ1) is 8.50. The van der Waals surface area contributed by atoms with E-state index >= 15 is 0 Å². The minimum atomic E-state index is -0.178. The van der Waals surface area contributed by atoms with Gasteiger partial charge in [0.1, 0.15) is 0 Å². The van der Waals surface area contributed by atoms with Crippen molar-refractivity contribution in [1.82, 2.24) is 0 Å². The molecule has 0 bridgehead atoms. The summed E-state index contributed by atoms with van der Waals surface area (Å²) in [6.45, 7) is 6.12. The van der Waals surface area contributed by atoms with E-state index in [1.807, 2.05) is 32.9 Å². The monoisotopic (exact) mass is 242 g/mol. The molecule has 1 aromatic rings. The summed E-state index contributed by atoms with van der Waals surface area (Å²) < 4.78 is 0. The molecule has 1 unspecified atom stereocenters. The van der Waals surface area contributed by atoms with Crippen molar-refractivity contribution >= 4 is 11.6 Å². The van der Waals surface area contributed by atoms with Gasteiger partial charge in [-0.1, -0.05) is 35.4 Å². The van der Waals surface area contributed by atoms with Gasteiger partial charge in [-0.05, 0) is 27.2 Å². The number of hydrogen-bond donors (Lipinski definition) is 0. The first-order valence-corrected chi connectivity index (χ1v) is 6.30. The summed E-state index contributed by atoms with van der Waals surface area (Å²) in [5.74, 6) is 0.0323. The van der Waals surface area contributed by atoms with Crippen LogP contribution < -0.4 is 0 Å². The average Bonchev–Trinajstić information content (AvgIpc) is 2.35. The van der Waals surface area contributed by atoms with E-state index in [1.54, 1.807) is 12.1 Å². The second-order valence-electron chi connectivity index (χ2n) is 5.22. The van der Waals surface area contributed by atoms with Crippen LogP contribution in [-0.2, 0) is 0 Å². The summed E-state index contributed by atoms with van der Waals surface area (Å²) >= 11 is 0. The lowest BCUT2D eigenvalue weighted by molar-refractivity contribution is 0.0823. The Bertz CT molecular complexity index is 534. The summed E-state index contributed by atoms with van der Waals surface area (Å²) in [5, 5.41) is 0. The van der Waals surface area contributed by atoms with Gasteiger partial charge in [-0.2, -0.15) is 0 Å². The van der Waals surface area contributed by atoms with Gasteiger partial charge in [-0.3, -0.25) is 9.59 Å². The number of ketones is 2. The fourth-order valence-electron chi connectivity index (χ4n) is 2.33. The Labute approximate surface area is 108 Å². The molecule has 1 aliphatic carbocycles. The summed E-state index contributed by atoms with van der Waals surface area (Å²) in [6, 6.07) is 7.14. The van der Waals surface area contributed by atoms with Gasteiger partial charge in [-0.15, -0.1) is 0 Å². The number of rotatable bonds is 2. The van der Waals surface area contributed by atoms with Crippen LogP contribution in [0, 0.1) is 5.92 Å². The van der Waals surface area contributed by atoms with Gasteiger partial charge < -0.3 is 0 Å². The SMILES string of the molecule is CC(C)=C(C)CC1CC(=O)c2ccccc2C1=O. The number of allylic oxidation sites excluding steroid dienone is 2. The van der Waals surface area contributed by atoms with Crippen molar-refractivity contribution in [1.29, 1.82) is 0 Å². The van der Waals surface area contributed by atoms with Crippen molar-refractivity contribution in [3.8, 4) is 0 Å². The lowest BCUT2D eigenvalue weighted by atomic mass is 9.79. The second kappa shape index (κ2) is 4.89. The first-order valence-electron chi connectivity index (χ1n) is 6.30. The van der Waals surface area contributed by atoms with Crippen LogP contribution in [0.5, 0.6) is 0 Å². The molecule has 0 saturated carbocycles. The van der Waals surface area contributed by atoms with E-state index in [2.05, 4.69) is 0 Å². The number of carbonyl (C=O) groups excluding carboxylic acids is 2. The number of Topliss-reactive ketones (excluding diaryl/α,β-unsaturated/α-hetero) is 2. The number of fused-ring (bicyclic) bond motifs is 1. The molecule has 0 fully saturated rings. The van der Waals surface area contributed by atoms with Crippen molar-refractivity contribution in [2.45, 2.75) is 33.6 Å². The molecule has 1 aromatic carbocycles. The Morgan fingerprint density at radius 1 is 1.11 bits per heavy atom. The summed E-state index contributed by atoms with van der Waals surface area (Å²) in [7, 11) is 0. The molecule has 18 heavy (non-hydrogen) atoms. The summed E-state index contributed by atoms with van der Waals surface area (Å²) in [4.78, 5) is 24.4. The molecule has 0 saturated heterocycles. The Morgan fingerprint density at radius 3 is 2.33 bits per heavy atom. The van der Waals surface area contributed by atoms with Crippen molar-refractivity contribution in [2.75, 3.05) is 0 Å². The summed E-state index contributed by atoms with van der Waals surface area (Å²) in [5.41, 5.74) is 3.63. The molecule has 0 radical (unpaired) electrons. The van der Waals surface area contributed by atoms with E-state index < -0.39 is 0 Å². The fraction of sp³-hybridized carbons (Fsp3) is 0.375. The van der Waals surface area contributed by atoms with Gasteiger partial charge in [0, 0.05) is 23.5 Å². The Hall–Kier alpha value is -1.70. The fourth-order valence-corrected chi connectivity index (χ4v) is 2.33. The molecule has 0 aliphatic heterocycles. The van der Waals surface area contributed by atoms with Crippen molar-refractivity contribution in [3.05, 3.63) is 46.5 Å². The molecule has 2 heteroatoms. The highest BCUT2D eigenvalue weighted by Crippen LogP contribution is 2.30. The summed E-state index contributed by atoms with van der Waals surface area (Å²) in [6.07, 6.45) is 1.04. The van der Waals surface area contributed by atoms with Crippen LogP contribution in [0.15, 0.2) is 35.4 Å². The molecule has 0 heterocycles. The Balaban J connectivity index is 2.32. The van der Waals surface area contributed by atoms with Crippen LogP contribution in [0.25, 0.3) is 0 Å². The maximum Gasteiger partial charge on any atom is 0.167 e. The van der Waals surface area contributed by atoms with Gasteiger partial charge >= 0.3 is 0 Å². The van der Waals surface area contributed by atoms with E-state index in [0.717, 1.165) is 0 Å². The van der Waals surface area contributed by atoms with Gasteiger partial charge in [0.2, 0.25) is 0 Å². The highest BCUT2D eigenvalue weighted by atomic mass is 16.1. The van der Waals surface area contributed by atoms with E-state index in [4.69, 9.17) is 0 Å².